The van der Waals surface area contributed by atoms with Gasteiger partial charge in [0.2, 0.25) is 0 Å². The molecular formula is C51H16B14N4S2. The Morgan fingerprint density at radius 2 is 0.789 bits per heavy atom. The molecule has 8 aromatic carbocycles. The highest BCUT2D eigenvalue weighted by Gasteiger charge is 2.27. The SMILES string of the molecule is [B]c1c(-c2ccc3sc4cc(-c5nc(-c6ccccc6)nc(-c6ccccc6)n5)ccc4c3c2)c([B])c2sc3c([B])c(-n4c5c([B])c([B])c([B])c([B])c5c5c([B])c([B])c([B])c([B])c54)c([B])c([B])c3c2c1[B]. The second-order valence-corrected chi connectivity index (χ2v) is 19.5. The molecule has 294 valence electrons. The van der Waals surface area contributed by atoms with Crippen molar-refractivity contribution in [2.75, 3.05) is 0 Å². The first-order valence-electron chi connectivity index (χ1n) is 21.9. The molecule has 4 nitrogen and oxygen atoms in total. The number of rotatable bonds is 5. The van der Waals surface area contributed by atoms with Crippen LogP contribution in [0.15, 0.2) is 97.1 Å². The van der Waals surface area contributed by atoms with E-state index in [1.54, 1.807) is 15.9 Å². The monoisotopic (exact) mass is 902 g/mol. The summed E-state index contributed by atoms with van der Waals surface area (Å²) in [7, 11) is 95.0. The van der Waals surface area contributed by atoms with Crippen LogP contribution in [0.2, 0.25) is 0 Å². The Balaban J connectivity index is 1.03. The van der Waals surface area contributed by atoms with Gasteiger partial charge in [-0.25, -0.2) is 15.0 Å². The molecule has 0 aliphatic heterocycles. The van der Waals surface area contributed by atoms with Crippen LogP contribution in [0.4, 0.5) is 0 Å². The summed E-state index contributed by atoms with van der Waals surface area (Å²) in [4.78, 5) is 14.8. The number of aromatic nitrogens is 4. The van der Waals surface area contributed by atoms with Crippen LogP contribution >= 0.6 is 22.7 Å². The average Bonchev–Trinajstić information content (AvgIpc) is 4.09. The van der Waals surface area contributed by atoms with E-state index in [0.717, 1.165) is 42.4 Å². The van der Waals surface area contributed by atoms with Crippen molar-refractivity contribution in [1.82, 2.24) is 19.5 Å². The highest BCUT2D eigenvalue weighted by Crippen LogP contribution is 2.39. The van der Waals surface area contributed by atoms with Gasteiger partial charge in [0.05, 0.1) is 0 Å². The fourth-order valence-corrected chi connectivity index (χ4v) is 12.2. The number of hydrogen-bond donors (Lipinski definition) is 0. The van der Waals surface area contributed by atoms with E-state index < -0.39 is 0 Å². The summed E-state index contributed by atoms with van der Waals surface area (Å²) < 4.78 is 4.76. The zero-order valence-corrected chi connectivity index (χ0v) is 39.1. The number of hydrogen-bond acceptors (Lipinski definition) is 5. The van der Waals surface area contributed by atoms with Crippen molar-refractivity contribution in [2.45, 2.75) is 0 Å². The van der Waals surface area contributed by atoms with Crippen LogP contribution < -0.4 is 76.5 Å². The highest BCUT2D eigenvalue weighted by atomic mass is 32.1. The van der Waals surface area contributed by atoms with Gasteiger partial charge in [0.25, 0.3) is 0 Å². The predicted octanol–water partition coefficient (Wildman–Crippen LogP) is -2.51. The van der Waals surface area contributed by atoms with Crippen LogP contribution in [0.1, 0.15) is 0 Å². The van der Waals surface area contributed by atoms with Crippen molar-refractivity contribution in [3.8, 4) is 51.0 Å². The first-order valence-corrected chi connectivity index (χ1v) is 23.6. The second kappa shape index (κ2) is 16.7. The van der Waals surface area contributed by atoms with E-state index in [0.29, 0.717) is 59.4 Å². The van der Waals surface area contributed by atoms with Gasteiger partial charge in [-0.05, 0) is 50.9 Å². The topological polar surface area (TPSA) is 43.6 Å². The van der Waals surface area contributed by atoms with Crippen molar-refractivity contribution in [3.05, 3.63) is 97.1 Å². The Morgan fingerprint density at radius 1 is 0.324 bits per heavy atom. The Hall–Kier alpha value is -6.08. The third-order valence-electron chi connectivity index (χ3n) is 13.5. The molecule has 4 heterocycles. The lowest BCUT2D eigenvalue weighted by Gasteiger charge is -2.23. The first kappa shape index (κ1) is 46.0. The lowest BCUT2D eigenvalue weighted by atomic mass is 9.63. The van der Waals surface area contributed by atoms with Crippen molar-refractivity contribution >= 4 is 271 Å². The largest absolute Gasteiger partial charge is 0.312 e. The van der Waals surface area contributed by atoms with Crippen LogP contribution in [0.3, 0.4) is 0 Å². The molecule has 0 saturated carbocycles. The summed E-state index contributed by atoms with van der Waals surface area (Å²) in [6.07, 6.45) is 0. The van der Waals surface area contributed by atoms with Crippen molar-refractivity contribution in [2.24, 2.45) is 0 Å². The molecule has 0 aliphatic rings. The Bertz CT molecular complexity index is 4210. The third kappa shape index (κ3) is 6.65. The van der Waals surface area contributed by atoms with Gasteiger partial charge >= 0.3 is 0 Å². The summed E-state index contributed by atoms with van der Waals surface area (Å²) in [5.41, 5.74) is 6.18. The molecule has 12 aromatic rings. The quantitative estimate of drug-likeness (QED) is 0.180. The van der Waals surface area contributed by atoms with Gasteiger partial charge in [0.15, 0.2) is 17.5 Å². The molecule has 0 amide bonds. The Labute approximate surface area is 435 Å². The first-order chi connectivity index (χ1) is 34.1. The number of benzene rings is 8. The number of nitrogens with zero attached hydrogens (tertiary/aromatic N) is 4. The Morgan fingerprint density at radius 3 is 1.34 bits per heavy atom. The van der Waals surface area contributed by atoms with Gasteiger partial charge in [-0.15, -0.1) is 44.5 Å². The molecule has 0 N–H and O–H groups in total. The smallest absolute Gasteiger partial charge is 0.164 e. The van der Waals surface area contributed by atoms with E-state index >= 15 is 0 Å². The van der Waals surface area contributed by atoms with E-state index in [-0.39, 0.29) is 87.7 Å². The maximum atomic E-state index is 7.22. The maximum Gasteiger partial charge on any atom is 0.164 e. The molecule has 71 heavy (non-hydrogen) atoms. The fourth-order valence-electron chi connectivity index (χ4n) is 9.86. The summed E-state index contributed by atoms with van der Waals surface area (Å²) >= 11 is 2.92. The fraction of sp³-hybridized carbons (Fsp3) is 0. The molecular weight excluding hydrogens is 884 g/mol. The normalized spacial score (nSPS) is 11.9. The summed E-state index contributed by atoms with van der Waals surface area (Å²) in [5.74, 6) is 1.72. The molecule has 4 aromatic heterocycles. The maximum absolute atomic E-state index is 7.22. The summed E-state index contributed by atoms with van der Waals surface area (Å²) in [6.45, 7) is 0. The van der Waals surface area contributed by atoms with Crippen LogP contribution in [-0.2, 0) is 0 Å². The summed E-state index contributed by atoms with van der Waals surface area (Å²) in [6, 6.07) is 32.1. The van der Waals surface area contributed by atoms with Crippen LogP contribution in [0.25, 0.3) is 113 Å². The number of thiophene rings is 2. The van der Waals surface area contributed by atoms with Gasteiger partial charge in [0, 0.05) is 63.0 Å². The van der Waals surface area contributed by atoms with Crippen molar-refractivity contribution in [3.63, 3.8) is 0 Å². The molecule has 12 rings (SSSR count). The van der Waals surface area contributed by atoms with Gasteiger partial charge in [-0.3, -0.25) is 0 Å². The molecule has 0 unspecified atom stereocenters. The zero-order valence-electron chi connectivity index (χ0n) is 37.4. The molecule has 0 atom stereocenters. The van der Waals surface area contributed by atoms with Crippen molar-refractivity contribution < 1.29 is 0 Å². The van der Waals surface area contributed by atoms with Crippen LogP contribution in [0, 0.1) is 0 Å². The van der Waals surface area contributed by atoms with E-state index in [1.807, 2.05) is 72.8 Å². The summed E-state index contributed by atoms with van der Waals surface area (Å²) in [5, 5.41) is 3.60. The molecule has 0 aliphatic carbocycles. The second-order valence-electron chi connectivity index (χ2n) is 17.4. The zero-order chi connectivity index (χ0) is 49.6. The van der Waals surface area contributed by atoms with E-state index in [1.165, 1.54) is 11.3 Å². The van der Waals surface area contributed by atoms with E-state index in [4.69, 9.17) is 125 Å². The highest BCUT2D eigenvalue weighted by molar-refractivity contribution is 7.28. The van der Waals surface area contributed by atoms with Gasteiger partial charge in [-0.2, -0.15) is 0 Å². The predicted molar refractivity (Wildman–Crippen MR) is 317 cm³/mol. The molecule has 0 bridgehead atoms. The number of fused-ring (bicyclic) bond motifs is 9. The van der Waals surface area contributed by atoms with Crippen LogP contribution in [-0.4, -0.2) is 129 Å². The minimum Gasteiger partial charge on any atom is -0.312 e. The molecule has 20 heteroatoms. The van der Waals surface area contributed by atoms with E-state index in [9.17, 15) is 0 Å². The van der Waals surface area contributed by atoms with Crippen LogP contribution in [0.5, 0.6) is 0 Å². The van der Waals surface area contributed by atoms with Crippen molar-refractivity contribution in [1.29, 1.82) is 0 Å². The molecule has 28 radical (unpaired) electrons. The average molecular weight is 900 g/mol. The van der Waals surface area contributed by atoms with Gasteiger partial charge in [-0.1, -0.05) is 133 Å². The van der Waals surface area contributed by atoms with Gasteiger partial charge in [0.1, 0.15) is 110 Å². The minimum atomic E-state index is 0.0157. The minimum absolute atomic E-state index is 0.0157. The van der Waals surface area contributed by atoms with Gasteiger partial charge < -0.3 is 4.57 Å². The Kier molecular flexibility index (Phi) is 10.9. The lowest BCUT2D eigenvalue weighted by Crippen LogP contribution is -2.49. The third-order valence-corrected chi connectivity index (χ3v) is 15.9. The molecule has 0 spiro atoms. The molecule has 0 saturated heterocycles. The van der Waals surface area contributed by atoms with E-state index in [2.05, 4.69) is 24.3 Å². The standard InChI is InChI=1S/C51H16B14N4S2/c52-30-25(19-12-14-23-22(15-19)21-13-11-20(16-24(21)70-23)51-67-49(17-7-3-1-4-8-17)66-50(68-51)18-9-5-2-6-10-18)35(57)47-28(33(30)55)29-34(56)40(62)46(43(65)48(29)71-47)69-44-26(31(53)36(58)38(60)41(44)63)27-32(54)37(59)39(61)42(64)45(27)69/h1-16H. The molecule has 0 fully saturated rings. The lowest BCUT2D eigenvalue weighted by molar-refractivity contribution is 1.07.